The predicted octanol–water partition coefficient (Wildman–Crippen LogP) is 3.87. The zero-order valence-electron chi connectivity index (χ0n) is 14.8. The van der Waals surface area contributed by atoms with E-state index >= 15 is 0 Å². The van der Waals surface area contributed by atoms with Gasteiger partial charge < -0.3 is 10.2 Å². The van der Waals surface area contributed by atoms with Crippen LogP contribution < -0.4 is 10.2 Å². The number of hydrogen-bond donors (Lipinski definition) is 1. The molecule has 0 spiro atoms. The van der Waals surface area contributed by atoms with Gasteiger partial charge in [-0.05, 0) is 68.5 Å². The molecule has 0 aromatic heterocycles. The van der Waals surface area contributed by atoms with Crippen LogP contribution in [0.2, 0.25) is 0 Å². The van der Waals surface area contributed by atoms with E-state index in [1.807, 2.05) is 25.1 Å². The Morgan fingerprint density at radius 2 is 1.96 bits per heavy atom. The monoisotopic (exact) mass is 322 g/mol. The van der Waals surface area contributed by atoms with E-state index < -0.39 is 0 Å². The highest BCUT2D eigenvalue weighted by atomic mass is 16.1. The second-order valence-corrected chi connectivity index (χ2v) is 6.78. The smallest absolute Gasteiger partial charge is 0.251 e. The van der Waals surface area contributed by atoms with Crippen LogP contribution in [-0.4, -0.2) is 25.0 Å². The van der Waals surface area contributed by atoms with Crippen molar-refractivity contribution in [2.24, 2.45) is 0 Å². The minimum absolute atomic E-state index is 0.0213. The Morgan fingerprint density at radius 1 is 1.17 bits per heavy atom. The number of carbonyl (C=O) groups is 1. The SMILES string of the molecule is Cc1ccc(C(=O)NCCCN2c3ccccc3C[C@@H]2C)cc1C. The maximum Gasteiger partial charge on any atom is 0.251 e. The van der Waals surface area contributed by atoms with Gasteiger partial charge in [0, 0.05) is 30.4 Å². The molecule has 0 saturated heterocycles. The third kappa shape index (κ3) is 3.45. The molecule has 3 rings (SSSR count). The quantitative estimate of drug-likeness (QED) is 0.848. The third-order valence-corrected chi connectivity index (χ3v) is 4.98. The third-order valence-electron chi connectivity index (χ3n) is 4.98. The van der Waals surface area contributed by atoms with Crippen LogP contribution in [-0.2, 0) is 6.42 Å². The van der Waals surface area contributed by atoms with Crippen LogP contribution in [0, 0.1) is 13.8 Å². The lowest BCUT2D eigenvalue weighted by Gasteiger charge is -2.25. The zero-order valence-corrected chi connectivity index (χ0v) is 14.8. The molecule has 3 heteroatoms. The van der Waals surface area contributed by atoms with Crippen molar-refractivity contribution in [2.75, 3.05) is 18.0 Å². The van der Waals surface area contributed by atoms with E-state index in [2.05, 4.69) is 48.3 Å². The average Bonchev–Trinajstić information content (AvgIpc) is 2.89. The van der Waals surface area contributed by atoms with Gasteiger partial charge in [0.05, 0.1) is 0 Å². The number of anilines is 1. The fraction of sp³-hybridized carbons (Fsp3) is 0.381. The molecule has 1 heterocycles. The van der Waals surface area contributed by atoms with Crippen LogP contribution in [0.25, 0.3) is 0 Å². The number of hydrogen-bond acceptors (Lipinski definition) is 2. The number of amides is 1. The molecule has 3 nitrogen and oxygen atoms in total. The molecular formula is C21H26N2O. The molecule has 0 unspecified atom stereocenters. The molecule has 0 saturated carbocycles. The summed E-state index contributed by atoms with van der Waals surface area (Å²) >= 11 is 0. The molecule has 0 fully saturated rings. The molecular weight excluding hydrogens is 296 g/mol. The van der Waals surface area contributed by atoms with Crippen LogP contribution >= 0.6 is 0 Å². The molecule has 2 aromatic carbocycles. The number of carbonyl (C=O) groups excluding carboxylic acids is 1. The summed E-state index contributed by atoms with van der Waals surface area (Å²) in [5.74, 6) is 0.0213. The lowest BCUT2D eigenvalue weighted by Crippen LogP contribution is -2.33. The van der Waals surface area contributed by atoms with Gasteiger partial charge in [0.2, 0.25) is 0 Å². The summed E-state index contributed by atoms with van der Waals surface area (Å²) in [6, 6.07) is 15.0. The van der Waals surface area contributed by atoms with E-state index in [4.69, 9.17) is 0 Å². The highest BCUT2D eigenvalue weighted by Gasteiger charge is 2.24. The lowest BCUT2D eigenvalue weighted by atomic mass is 10.1. The molecule has 1 amide bonds. The van der Waals surface area contributed by atoms with E-state index in [0.29, 0.717) is 12.6 Å². The standard InChI is InChI=1S/C21H26N2O/c1-15-9-10-19(13-16(15)2)21(24)22-11-6-12-23-17(3)14-18-7-4-5-8-20(18)23/h4-5,7-10,13,17H,6,11-12,14H2,1-3H3,(H,22,24)/t17-/m0/s1. The summed E-state index contributed by atoms with van der Waals surface area (Å²) in [6.07, 6.45) is 2.07. The zero-order chi connectivity index (χ0) is 17.1. The molecule has 0 radical (unpaired) electrons. The minimum atomic E-state index is 0.0213. The van der Waals surface area contributed by atoms with Crippen molar-refractivity contribution in [1.82, 2.24) is 5.32 Å². The molecule has 1 N–H and O–H groups in total. The van der Waals surface area contributed by atoms with Crippen molar-refractivity contribution in [3.05, 3.63) is 64.7 Å². The summed E-state index contributed by atoms with van der Waals surface area (Å²) in [4.78, 5) is 14.7. The summed E-state index contributed by atoms with van der Waals surface area (Å²) < 4.78 is 0. The highest BCUT2D eigenvalue weighted by molar-refractivity contribution is 5.94. The number of rotatable bonds is 5. The van der Waals surface area contributed by atoms with Gasteiger partial charge in [0.15, 0.2) is 0 Å². The molecule has 126 valence electrons. The van der Waals surface area contributed by atoms with Gasteiger partial charge in [-0.25, -0.2) is 0 Å². The fourth-order valence-corrected chi connectivity index (χ4v) is 3.41. The average molecular weight is 322 g/mol. The lowest BCUT2D eigenvalue weighted by molar-refractivity contribution is 0.0953. The maximum absolute atomic E-state index is 12.2. The molecule has 0 bridgehead atoms. The van der Waals surface area contributed by atoms with Gasteiger partial charge in [0.1, 0.15) is 0 Å². The second kappa shape index (κ2) is 7.08. The Bertz CT molecular complexity index is 738. The summed E-state index contributed by atoms with van der Waals surface area (Å²) in [5, 5.41) is 3.04. The number of fused-ring (bicyclic) bond motifs is 1. The molecule has 1 aliphatic heterocycles. The first kappa shape index (κ1) is 16.6. The van der Waals surface area contributed by atoms with Crippen molar-refractivity contribution < 1.29 is 4.79 Å². The predicted molar refractivity (Wildman–Crippen MR) is 99.8 cm³/mol. The van der Waals surface area contributed by atoms with Gasteiger partial charge in [-0.1, -0.05) is 24.3 Å². The van der Waals surface area contributed by atoms with E-state index in [-0.39, 0.29) is 5.91 Å². The highest BCUT2D eigenvalue weighted by Crippen LogP contribution is 2.31. The number of para-hydroxylation sites is 1. The van der Waals surface area contributed by atoms with Crippen LogP contribution in [0.3, 0.4) is 0 Å². The van der Waals surface area contributed by atoms with Crippen LogP contribution in [0.15, 0.2) is 42.5 Å². The first-order valence-corrected chi connectivity index (χ1v) is 8.76. The van der Waals surface area contributed by atoms with Crippen molar-refractivity contribution >= 4 is 11.6 Å². The Labute approximate surface area is 144 Å². The van der Waals surface area contributed by atoms with Crippen LogP contribution in [0.4, 0.5) is 5.69 Å². The van der Waals surface area contributed by atoms with E-state index in [0.717, 1.165) is 30.5 Å². The molecule has 1 aliphatic rings. The normalized spacial score (nSPS) is 16.1. The molecule has 24 heavy (non-hydrogen) atoms. The molecule has 2 aromatic rings. The van der Waals surface area contributed by atoms with Gasteiger partial charge in [-0.15, -0.1) is 0 Å². The van der Waals surface area contributed by atoms with Crippen LogP contribution in [0.5, 0.6) is 0 Å². The topological polar surface area (TPSA) is 32.3 Å². The Hall–Kier alpha value is -2.29. The number of nitrogens with zero attached hydrogens (tertiary/aromatic N) is 1. The van der Waals surface area contributed by atoms with Gasteiger partial charge in [-0.3, -0.25) is 4.79 Å². The number of aryl methyl sites for hydroxylation is 2. The summed E-state index contributed by atoms with van der Waals surface area (Å²) in [7, 11) is 0. The van der Waals surface area contributed by atoms with Gasteiger partial charge in [0.25, 0.3) is 5.91 Å². The van der Waals surface area contributed by atoms with E-state index in [9.17, 15) is 4.79 Å². The summed E-state index contributed by atoms with van der Waals surface area (Å²) in [6.45, 7) is 8.06. The van der Waals surface area contributed by atoms with Crippen molar-refractivity contribution in [1.29, 1.82) is 0 Å². The molecule has 0 aliphatic carbocycles. The van der Waals surface area contributed by atoms with Gasteiger partial charge >= 0.3 is 0 Å². The van der Waals surface area contributed by atoms with Crippen molar-refractivity contribution in [2.45, 2.75) is 39.7 Å². The Balaban J connectivity index is 1.50. The van der Waals surface area contributed by atoms with Crippen LogP contribution in [0.1, 0.15) is 40.4 Å². The first-order valence-electron chi connectivity index (χ1n) is 8.76. The molecule has 1 atom stereocenters. The van der Waals surface area contributed by atoms with Gasteiger partial charge in [-0.2, -0.15) is 0 Å². The fourth-order valence-electron chi connectivity index (χ4n) is 3.41. The number of benzene rings is 2. The van der Waals surface area contributed by atoms with Crippen molar-refractivity contribution in [3.8, 4) is 0 Å². The summed E-state index contributed by atoms with van der Waals surface area (Å²) in [5.41, 5.74) is 5.91. The first-order chi connectivity index (χ1) is 11.6. The van der Waals surface area contributed by atoms with Crippen molar-refractivity contribution in [3.63, 3.8) is 0 Å². The van der Waals surface area contributed by atoms with E-state index in [1.165, 1.54) is 16.8 Å². The Morgan fingerprint density at radius 3 is 2.75 bits per heavy atom. The minimum Gasteiger partial charge on any atom is -0.368 e. The second-order valence-electron chi connectivity index (χ2n) is 6.78. The largest absolute Gasteiger partial charge is 0.368 e. The van der Waals surface area contributed by atoms with E-state index in [1.54, 1.807) is 0 Å². The maximum atomic E-state index is 12.2. The Kier molecular flexibility index (Phi) is 4.89. The number of nitrogens with one attached hydrogen (secondary N) is 1.